The molecule has 0 aliphatic heterocycles. The number of halogens is 2. The summed E-state index contributed by atoms with van der Waals surface area (Å²) in [5, 5.41) is 2.70. The smallest absolute Gasteiger partial charge is 0.224 e. The van der Waals surface area contributed by atoms with Crippen molar-refractivity contribution in [3.05, 3.63) is 71.3 Å². The second-order valence-electron chi connectivity index (χ2n) is 6.00. The topological polar surface area (TPSA) is 49.4 Å². The number of nitrogens with one attached hydrogen (secondary N) is 1. The Bertz CT molecular complexity index is 748. The van der Waals surface area contributed by atoms with Gasteiger partial charge in [-0.1, -0.05) is 30.3 Å². The molecule has 0 radical (unpaired) electrons. The van der Waals surface area contributed by atoms with Crippen molar-refractivity contribution in [2.75, 3.05) is 19.6 Å². The van der Waals surface area contributed by atoms with Gasteiger partial charge in [-0.3, -0.25) is 9.59 Å². The minimum atomic E-state index is -0.410. The van der Waals surface area contributed by atoms with E-state index in [0.29, 0.717) is 25.1 Å². The van der Waals surface area contributed by atoms with Crippen LogP contribution >= 0.6 is 0 Å². The zero-order chi connectivity index (χ0) is 18.9. The molecule has 0 aliphatic carbocycles. The van der Waals surface area contributed by atoms with E-state index >= 15 is 0 Å². The molecule has 4 nitrogen and oxygen atoms in total. The predicted molar refractivity (Wildman–Crippen MR) is 95.5 cm³/mol. The Labute approximate surface area is 151 Å². The zero-order valence-electron chi connectivity index (χ0n) is 14.7. The second kappa shape index (κ2) is 9.65. The molecule has 1 N–H and O–H groups in total. The summed E-state index contributed by atoms with van der Waals surface area (Å²) in [6.07, 6.45) is 0.561. The summed E-state index contributed by atoms with van der Waals surface area (Å²) in [5.41, 5.74) is 1.27. The normalized spacial score (nSPS) is 10.4. The van der Waals surface area contributed by atoms with E-state index in [1.807, 2.05) is 0 Å². The van der Waals surface area contributed by atoms with Crippen LogP contribution in [0.1, 0.15) is 18.1 Å². The van der Waals surface area contributed by atoms with Crippen LogP contribution in [0.3, 0.4) is 0 Å². The highest BCUT2D eigenvalue weighted by Crippen LogP contribution is 2.07. The van der Waals surface area contributed by atoms with Gasteiger partial charge < -0.3 is 10.2 Å². The fourth-order valence-corrected chi connectivity index (χ4v) is 2.55. The molecular formula is C20H22F2N2O2. The maximum absolute atomic E-state index is 13.5. The summed E-state index contributed by atoms with van der Waals surface area (Å²) in [5.74, 6) is -1.10. The lowest BCUT2D eigenvalue weighted by Crippen LogP contribution is -2.39. The number of benzene rings is 2. The number of carbonyl (C=O) groups is 2. The molecule has 0 aliphatic rings. The van der Waals surface area contributed by atoms with Gasteiger partial charge in [-0.2, -0.15) is 0 Å². The van der Waals surface area contributed by atoms with Crippen molar-refractivity contribution in [1.82, 2.24) is 10.2 Å². The number of nitrogens with zero attached hydrogens (tertiary/aromatic N) is 1. The van der Waals surface area contributed by atoms with Crippen LogP contribution < -0.4 is 5.32 Å². The largest absolute Gasteiger partial charge is 0.354 e. The first-order chi connectivity index (χ1) is 12.5. The molecule has 0 atom stereocenters. The van der Waals surface area contributed by atoms with Gasteiger partial charge in [0.1, 0.15) is 11.6 Å². The minimum Gasteiger partial charge on any atom is -0.354 e. The first-order valence-electron chi connectivity index (χ1n) is 8.46. The van der Waals surface area contributed by atoms with E-state index in [1.54, 1.807) is 35.2 Å². The van der Waals surface area contributed by atoms with E-state index in [2.05, 4.69) is 5.32 Å². The fourth-order valence-electron chi connectivity index (χ4n) is 2.55. The first kappa shape index (κ1) is 19.6. The third-order valence-corrected chi connectivity index (χ3v) is 4.04. The Morgan fingerprint density at radius 2 is 1.69 bits per heavy atom. The Morgan fingerprint density at radius 3 is 2.35 bits per heavy atom. The van der Waals surface area contributed by atoms with Crippen LogP contribution in [-0.2, 0) is 22.4 Å². The van der Waals surface area contributed by atoms with Gasteiger partial charge in [0.2, 0.25) is 11.8 Å². The average molecular weight is 360 g/mol. The van der Waals surface area contributed by atoms with E-state index in [-0.39, 0.29) is 30.6 Å². The molecule has 0 unspecified atom stereocenters. The molecule has 0 aromatic heterocycles. The molecule has 6 heteroatoms. The van der Waals surface area contributed by atoms with Crippen molar-refractivity contribution in [2.45, 2.75) is 19.8 Å². The minimum absolute atomic E-state index is 0.0394. The monoisotopic (exact) mass is 360 g/mol. The predicted octanol–water partition coefficient (Wildman–Crippen LogP) is 2.71. The van der Waals surface area contributed by atoms with Crippen LogP contribution in [-0.4, -0.2) is 36.3 Å². The highest BCUT2D eigenvalue weighted by molar-refractivity contribution is 5.78. The molecule has 138 valence electrons. The van der Waals surface area contributed by atoms with Crippen LogP contribution in [0.5, 0.6) is 0 Å². The summed E-state index contributed by atoms with van der Waals surface area (Å²) < 4.78 is 26.4. The Balaban J connectivity index is 1.77. The van der Waals surface area contributed by atoms with E-state index in [4.69, 9.17) is 0 Å². The Morgan fingerprint density at radius 1 is 1.00 bits per heavy atom. The molecule has 26 heavy (non-hydrogen) atoms. The summed E-state index contributed by atoms with van der Waals surface area (Å²) in [6.45, 7) is 2.59. The number of carbonyl (C=O) groups excluding carboxylic acids is 2. The average Bonchev–Trinajstić information content (AvgIpc) is 2.61. The SMILES string of the molecule is CC(=O)N(CCNC(=O)Cc1ccccc1F)CCc1ccc(F)cc1. The van der Waals surface area contributed by atoms with E-state index in [9.17, 15) is 18.4 Å². The number of hydrogen-bond acceptors (Lipinski definition) is 2. The van der Waals surface area contributed by atoms with Gasteiger partial charge in [0, 0.05) is 26.6 Å². The van der Waals surface area contributed by atoms with E-state index in [0.717, 1.165) is 5.56 Å². The highest BCUT2D eigenvalue weighted by Gasteiger charge is 2.11. The maximum Gasteiger partial charge on any atom is 0.224 e. The molecule has 0 heterocycles. The van der Waals surface area contributed by atoms with E-state index < -0.39 is 5.82 Å². The van der Waals surface area contributed by atoms with Crippen molar-refractivity contribution >= 4 is 11.8 Å². The van der Waals surface area contributed by atoms with Gasteiger partial charge in [-0.25, -0.2) is 8.78 Å². The number of rotatable bonds is 8. The summed E-state index contributed by atoms with van der Waals surface area (Å²) in [4.78, 5) is 25.3. The number of hydrogen-bond donors (Lipinski definition) is 1. The van der Waals surface area contributed by atoms with E-state index in [1.165, 1.54) is 25.1 Å². The molecular weight excluding hydrogens is 338 g/mol. The molecule has 2 amide bonds. The van der Waals surface area contributed by atoms with Crippen molar-refractivity contribution in [3.63, 3.8) is 0 Å². The molecule has 2 aromatic carbocycles. The van der Waals surface area contributed by atoms with Crippen molar-refractivity contribution < 1.29 is 18.4 Å². The summed E-state index contributed by atoms with van der Waals surface area (Å²) in [7, 11) is 0. The van der Waals surface area contributed by atoms with Crippen molar-refractivity contribution in [1.29, 1.82) is 0 Å². The molecule has 0 spiro atoms. The third-order valence-electron chi connectivity index (χ3n) is 4.04. The molecule has 0 saturated carbocycles. The van der Waals surface area contributed by atoms with Crippen molar-refractivity contribution in [2.24, 2.45) is 0 Å². The van der Waals surface area contributed by atoms with Gasteiger partial charge in [0.15, 0.2) is 0 Å². The molecule has 0 fully saturated rings. The van der Waals surface area contributed by atoms with Crippen LogP contribution in [0.2, 0.25) is 0 Å². The fraction of sp³-hybridized carbons (Fsp3) is 0.300. The standard InChI is InChI=1S/C20H22F2N2O2/c1-15(25)24(12-10-16-6-8-18(21)9-7-16)13-11-23-20(26)14-17-4-2-3-5-19(17)22/h2-9H,10-14H2,1H3,(H,23,26). The van der Waals surface area contributed by atoms with Crippen LogP contribution in [0, 0.1) is 11.6 Å². The maximum atomic E-state index is 13.5. The second-order valence-corrected chi connectivity index (χ2v) is 6.00. The van der Waals surface area contributed by atoms with Gasteiger partial charge >= 0.3 is 0 Å². The third kappa shape index (κ3) is 6.27. The molecule has 2 rings (SSSR count). The quantitative estimate of drug-likeness (QED) is 0.787. The van der Waals surface area contributed by atoms with Gasteiger partial charge in [-0.05, 0) is 35.7 Å². The molecule has 2 aromatic rings. The number of amides is 2. The van der Waals surface area contributed by atoms with Gasteiger partial charge in [0.25, 0.3) is 0 Å². The van der Waals surface area contributed by atoms with Crippen LogP contribution in [0.15, 0.2) is 48.5 Å². The van der Waals surface area contributed by atoms with Crippen molar-refractivity contribution in [3.8, 4) is 0 Å². The Kier molecular flexibility index (Phi) is 7.26. The summed E-state index contributed by atoms with van der Waals surface area (Å²) in [6, 6.07) is 12.3. The Hall–Kier alpha value is -2.76. The lowest BCUT2D eigenvalue weighted by atomic mass is 10.1. The van der Waals surface area contributed by atoms with Crippen LogP contribution in [0.25, 0.3) is 0 Å². The van der Waals surface area contributed by atoms with Gasteiger partial charge in [-0.15, -0.1) is 0 Å². The lowest BCUT2D eigenvalue weighted by Gasteiger charge is -2.21. The van der Waals surface area contributed by atoms with Crippen LogP contribution in [0.4, 0.5) is 8.78 Å². The summed E-state index contributed by atoms with van der Waals surface area (Å²) >= 11 is 0. The highest BCUT2D eigenvalue weighted by atomic mass is 19.1. The first-order valence-corrected chi connectivity index (χ1v) is 8.46. The van der Waals surface area contributed by atoms with Gasteiger partial charge in [0.05, 0.1) is 6.42 Å². The zero-order valence-corrected chi connectivity index (χ0v) is 14.7. The lowest BCUT2D eigenvalue weighted by molar-refractivity contribution is -0.129. The molecule has 0 saturated heterocycles. The molecule has 0 bridgehead atoms.